The highest BCUT2D eigenvalue weighted by Crippen LogP contribution is 2.27. The zero-order valence-electron chi connectivity index (χ0n) is 12.2. The molecule has 1 aliphatic rings. The Labute approximate surface area is 125 Å². The lowest BCUT2D eigenvalue weighted by Crippen LogP contribution is -2.29. The standard InChI is InChI=1S/C16H22N4O/c1-2-10-18-15(21)11-19-16(17)20-14-9-5-7-12-6-3-4-8-13(12)14/h2,5,7,9H,1,3-4,6,8,10-11H2,(H,18,21)(H3,17,19,20). The third-order valence-corrected chi connectivity index (χ3v) is 3.50. The van der Waals surface area contributed by atoms with Crippen LogP contribution >= 0.6 is 0 Å². The van der Waals surface area contributed by atoms with Crippen molar-refractivity contribution in [2.45, 2.75) is 25.7 Å². The van der Waals surface area contributed by atoms with E-state index in [4.69, 9.17) is 5.73 Å². The highest BCUT2D eigenvalue weighted by Gasteiger charge is 2.13. The number of fused-ring (bicyclic) bond motifs is 1. The highest BCUT2D eigenvalue weighted by molar-refractivity contribution is 5.94. The Morgan fingerprint density at radius 2 is 2.19 bits per heavy atom. The zero-order chi connectivity index (χ0) is 15.1. The van der Waals surface area contributed by atoms with Crippen molar-refractivity contribution in [2.75, 3.05) is 18.4 Å². The fourth-order valence-corrected chi connectivity index (χ4v) is 2.47. The van der Waals surface area contributed by atoms with Crippen LogP contribution < -0.4 is 16.4 Å². The number of carbonyl (C=O) groups excluding carboxylic acids is 1. The SMILES string of the molecule is C=CCNC(=O)CN=C(N)Nc1cccc2c1CCCC2. The van der Waals surface area contributed by atoms with Gasteiger partial charge in [0.1, 0.15) is 6.54 Å². The molecule has 0 fully saturated rings. The molecule has 1 amide bonds. The number of hydrogen-bond acceptors (Lipinski definition) is 2. The van der Waals surface area contributed by atoms with Crippen LogP contribution in [0.15, 0.2) is 35.8 Å². The number of nitrogens with two attached hydrogens (primary N) is 1. The first-order valence-corrected chi connectivity index (χ1v) is 7.26. The summed E-state index contributed by atoms with van der Waals surface area (Å²) in [6.45, 7) is 3.99. The Morgan fingerprint density at radius 3 is 3.00 bits per heavy atom. The van der Waals surface area contributed by atoms with Crippen molar-refractivity contribution in [3.05, 3.63) is 42.0 Å². The van der Waals surface area contributed by atoms with E-state index in [9.17, 15) is 4.79 Å². The number of nitrogens with one attached hydrogen (secondary N) is 2. The predicted octanol–water partition coefficient (Wildman–Crippen LogP) is 1.59. The second-order valence-corrected chi connectivity index (χ2v) is 5.07. The maximum absolute atomic E-state index is 11.4. The van der Waals surface area contributed by atoms with Gasteiger partial charge >= 0.3 is 0 Å². The van der Waals surface area contributed by atoms with Crippen molar-refractivity contribution >= 4 is 17.6 Å². The van der Waals surface area contributed by atoms with E-state index >= 15 is 0 Å². The molecule has 0 heterocycles. The van der Waals surface area contributed by atoms with Crippen LogP contribution in [0.1, 0.15) is 24.0 Å². The van der Waals surface area contributed by atoms with Crippen molar-refractivity contribution in [1.82, 2.24) is 5.32 Å². The lowest BCUT2D eigenvalue weighted by molar-refractivity contribution is -0.119. The Bertz CT molecular complexity index is 551. The fourth-order valence-electron chi connectivity index (χ4n) is 2.47. The third-order valence-electron chi connectivity index (χ3n) is 3.50. The molecule has 0 radical (unpaired) electrons. The molecule has 21 heavy (non-hydrogen) atoms. The maximum Gasteiger partial charge on any atom is 0.242 e. The van der Waals surface area contributed by atoms with Crippen molar-refractivity contribution in [2.24, 2.45) is 10.7 Å². The van der Waals surface area contributed by atoms with Crippen LogP contribution in [0.2, 0.25) is 0 Å². The minimum absolute atomic E-state index is 0.0156. The summed E-state index contributed by atoms with van der Waals surface area (Å²) in [6.07, 6.45) is 6.24. The number of nitrogens with zero attached hydrogens (tertiary/aromatic N) is 1. The number of benzene rings is 1. The van der Waals surface area contributed by atoms with Crippen molar-refractivity contribution in [3.8, 4) is 0 Å². The topological polar surface area (TPSA) is 79.5 Å². The van der Waals surface area contributed by atoms with Gasteiger partial charge in [-0.2, -0.15) is 0 Å². The number of rotatable bonds is 5. The van der Waals surface area contributed by atoms with E-state index in [1.165, 1.54) is 24.0 Å². The van der Waals surface area contributed by atoms with Crippen molar-refractivity contribution in [1.29, 1.82) is 0 Å². The van der Waals surface area contributed by atoms with Crippen LogP contribution in [0.25, 0.3) is 0 Å². The average molecular weight is 286 g/mol. The number of hydrogen-bond donors (Lipinski definition) is 3. The molecule has 5 nitrogen and oxygen atoms in total. The van der Waals surface area contributed by atoms with Crippen LogP contribution in [0.4, 0.5) is 5.69 Å². The molecule has 5 heteroatoms. The molecule has 1 aliphatic carbocycles. The van der Waals surface area contributed by atoms with E-state index < -0.39 is 0 Å². The minimum atomic E-state index is -0.172. The number of carbonyl (C=O) groups is 1. The molecular formula is C16H22N4O. The van der Waals surface area contributed by atoms with Crippen LogP contribution in [-0.2, 0) is 17.6 Å². The van der Waals surface area contributed by atoms with E-state index in [0.717, 1.165) is 18.5 Å². The molecule has 0 aliphatic heterocycles. The lowest BCUT2D eigenvalue weighted by atomic mass is 9.90. The lowest BCUT2D eigenvalue weighted by Gasteiger charge is -2.19. The Morgan fingerprint density at radius 1 is 1.38 bits per heavy atom. The molecule has 2 rings (SSSR count). The molecule has 0 saturated carbocycles. The van der Waals surface area contributed by atoms with Gasteiger partial charge < -0.3 is 16.4 Å². The number of amides is 1. The number of aliphatic imine (C=N–C) groups is 1. The summed E-state index contributed by atoms with van der Waals surface area (Å²) < 4.78 is 0. The monoisotopic (exact) mass is 286 g/mol. The van der Waals surface area contributed by atoms with Gasteiger partial charge in [-0.1, -0.05) is 18.2 Å². The van der Waals surface area contributed by atoms with Crippen LogP contribution in [0.3, 0.4) is 0 Å². The third kappa shape index (κ3) is 4.34. The molecule has 4 N–H and O–H groups in total. The van der Waals surface area contributed by atoms with Crippen molar-refractivity contribution < 1.29 is 4.79 Å². The van der Waals surface area contributed by atoms with Gasteiger partial charge in [-0.3, -0.25) is 4.79 Å². The Kier molecular flexibility index (Phi) is 5.37. The largest absolute Gasteiger partial charge is 0.370 e. The first-order chi connectivity index (χ1) is 10.2. The van der Waals surface area contributed by atoms with Gasteiger partial charge in [-0.25, -0.2) is 4.99 Å². The second-order valence-electron chi connectivity index (χ2n) is 5.07. The van der Waals surface area contributed by atoms with Gasteiger partial charge in [-0.05, 0) is 42.9 Å². The van der Waals surface area contributed by atoms with E-state index in [2.05, 4.69) is 28.3 Å². The number of aryl methyl sites for hydroxylation is 1. The molecule has 1 aromatic rings. The van der Waals surface area contributed by atoms with Gasteiger partial charge in [0, 0.05) is 12.2 Å². The van der Waals surface area contributed by atoms with Crippen LogP contribution in [0, 0.1) is 0 Å². The summed E-state index contributed by atoms with van der Waals surface area (Å²) >= 11 is 0. The molecule has 0 atom stereocenters. The zero-order valence-corrected chi connectivity index (χ0v) is 12.2. The highest BCUT2D eigenvalue weighted by atomic mass is 16.1. The Hall–Kier alpha value is -2.30. The first kappa shape index (κ1) is 15.1. The molecule has 112 valence electrons. The normalized spacial score (nSPS) is 14.2. The molecule has 1 aromatic carbocycles. The first-order valence-electron chi connectivity index (χ1n) is 7.26. The summed E-state index contributed by atoms with van der Waals surface area (Å²) in [7, 11) is 0. The van der Waals surface area contributed by atoms with E-state index in [0.29, 0.717) is 6.54 Å². The molecule has 0 aromatic heterocycles. The molecule has 0 unspecified atom stereocenters. The second kappa shape index (κ2) is 7.47. The van der Waals surface area contributed by atoms with E-state index in [1.54, 1.807) is 6.08 Å². The van der Waals surface area contributed by atoms with E-state index in [-0.39, 0.29) is 18.4 Å². The molecule has 0 bridgehead atoms. The number of guanidine groups is 1. The fraction of sp³-hybridized carbons (Fsp3) is 0.375. The van der Waals surface area contributed by atoms with E-state index in [1.807, 2.05) is 12.1 Å². The Balaban J connectivity index is 1.98. The van der Waals surface area contributed by atoms with Gasteiger partial charge in [0.15, 0.2) is 5.96 Å². The quantitative estimate of drug-likeness (QED) is 0.437. The van der Waals surface area contributed by atoms with Crippen molar-refractivity contribution in [3.63, 3.8) is 0 Å². The summed E-state index contributed by atoms with van der Waals surface area (Å²) in [5, 5.41) is 5.76. The van der Waals surface area contributed by atoms with Gasteiger partial charge in [-0.15, -0.1) is 6.58 Å². The van der Waals surface area contributed by atoms with Crippen LogP contribution in [-0.4, -0.2) is 25.0 Å². The minimum Gasteiger partial charge on any atom is -0.370 e. The molecule has 0 saturated heterocycles. The summed E-state index contributed by atoms with van der Waals surface area (Å²) in [4.78, 5) is 15.5. The summed E-state index contributed by atoms with van der Waals surface area (Å²) in [6, 6.07) is 6.19. The summed E-state index contributed by atoms with van der Waals surface area (Å²) in [5.74, 6) is 0.0949. The van der Waals surface area contributed by atoms with Gasteiger partial charge in [0.25, 0.3) is 0 Å². The average Bonchev–Trinajstić information content (AvgIpc) is 2.51. The predicted molar refractivity (Wildman–Crippen MR) is 86.4 cm³/mol. The molecular weight excluding hydrogens is 264 g/mol. The van der Waals surface area contributed by atoms with Crippen LogP contribution in [0.5, 0.6) is 0 Å². The number of anilines is 1. The van der Waals surface area contributed by atoms with Gasteiger partial charge in [0.05, 0.1) is 0 Å². The smallest absolute Gasteiger partial charge is 0.242 e. The molecule has 0 spiro atoms. The van der Waals surface area contributed by atoms with Gasteiger partial charge in [0.2, 0.25) is 5.91 Å². The summed E-state index contributed by atoms with van der Waals surface area (Å²) in [5.41, 5.74) is 9.55. The maximum atomic E-state index is 11.4.